The largest absolute Gasteiger partial charge is 0.316 e. The molecule has 0 spiro atoms. The summed E-state index contributed by atoms with van der Waals surface area (Å²) in [7, 11) is 0. The van der Waals surface area contributed by atoms with Gasteiger partial charge in [-0.15, -0.1) is 0 Å². The van der Waals surface area contributed by atoms with Crippen LogP contribution in [0, 0.1) is 5.92 Å². The van der Waals surface area contributed by atoms with Crippen LogP contribution in [0.25, 0.3) is 0 Å². The third-order valence-corrected chi connectivity index (χ3v) is 3.47. The van der Waals surface area contributed by atoms with E-state index in [4.69, 9.17) is 0 Å². The lowest BCUT2D eigenvalue weighted by Crippen LogP contribution is -2.36. The Morgan fingerprint density at radius 3 is 2.56 bits per heavy atom. The Balaban J connectivity index is 1.95. The van der Waals surface area contributed by atoms with Crippen LogP contribution in [0.3, 0.4) is 0 Å². The molecule has 1 aliphatic heterocycles. The van der Waals surface area contributed by atoms with Gasteiger partial charge in [-0.2, -0.15) is 0 Å². The summed E-state index contributed by atoms with van der Waals surface area (Å²) >= 11 is 0. The number of nitrogens with one attached hydrogen (secondary N) is 1. The minimum Gasteiger partial charge on any atom is -0.316 e. The van der Waals surface area contributed by atoms with E-state index < -0.39 is 0 Å². The zero-order valence-corrected chi connectivity index (χ0v) is 11.3. The summed E-state index contributed by atoms with van der Waals surface area (Å²) in [6, 6.07) is 0. The zero-order valence-electron chi connectivity index (χ0n) is 11.3. The zero-order chi connectivity index (χ0) is 11.6. The van der Waals surface area contributed by atoms with Crippen molar-refractivity contribution in [3.05, 3.63) is 0 Å². The van der Waals surface area contributed by atoms with Crippen LogP contribution in [0.5, 0.6) is 0 Å². The second-order valence-corrected chi connectivity index (χ2v) is 5.38. The molecule has 1 saturated heterocycles. The first-order valence-corrected chi connectivity index (χ1v) is 7.26. The highest BCUT2D eigenvalue weighted by Crippen LogP contribution is 2.10. The maximum Gasteiger partial charge on any atom is 0.00191 e. The van der Waals surface area contributed by atoms with Crippen molar-refractivity contribution in [2.75, 3.05) is 32.7 Å². The lowest BCUT2D eigenvalue weighted by atomic mass is 10.1. The Morgan fingerprint density at radius 2 is 1.88 bits per heavy atom. The Morgan fingerprint density at radius 1 is 1.12 bits per heavy atom. The van der Waals surface area contributed by atoms with Crippen LogP contribution in [0.4, 0.5) is 0 Å². The summed E-state index contributed by atoms with van der Waals surface area (Å²) in [5, 5.41) is 3.58. The third-order valence-electron chi connectivity index (χ3n) is 3.47. The quantitative estimate of drug-likeness (QED) is 0.640. The van der Waals surface area contributed by atoms with E-state index in [0.29, 0.717) is 0 Å². The van der Waals surface area contributed by atoms with Gasteiger partial charge in [-0.05, 0) is 51.4 Å². The first-order valence-electron chi connectivity index (χ1n) is 7.26. The summed E-state index contributed by atoms with van der Waals surface area (Å²) in [6.45, 7) is 11.0. The van der Waals surface area contributed by atoms with Crippen LogP contribution in [-0.2, 0) is 0 Å². The van der Waals surface area contributed by atoms with E-state index in [2.05, 4.69) is 24.1 Å². The highest BCUT2D eigenvalue weighted by atomic mass is 15.1. The van der Waals surface area contributed by atoms with Crippen molar-refractivity contribution in [3.63, 3.8) is 0 Å². The Bertz CT molecular complexity index is 153. The molecular formula is C14H30N2. The first-order chi connectivity index (χ1) is 7.83. The lowest BCUT2D eigenvalue weighted by molar-refractivity contribution is 0.199. The summed E-state index contributed by atoms with van der Waals surface area (Å²) in [4.78, 5) is 2.64. The van der Waals surface area contributed by atoms with E-state index in [0.717, 1.165) is 5.92 Å². The normalized spacial score (nSPS) is 19.9. The maximum atomic E-state index is 3.58. The molecule has 0 saturated carbocycles. The van der Waals surface area contributed by atoms with Crippen LogP contribution in [0.2, 0.25) is 0 Å². The van der Waals surface area contributed by atoms with Crippen molar-refractivity contribution in [1.29, 1.82) is 0 Å². The van der Waals surface area contributed by atoms with E-state index in [-0.39, 0.29) is 0 Å². The van der Waals surface area contributed by atoms with E-state index >= 15 is 0 Å². The standard InChI is InChI=1S/C14H30N2/c1-3-4-6-9-15-12-14(2)13-16-10-7-5-8-11-16/h14-15H,3-13H2,1-2H3. The van der Waals surface area contributed by atoms with Gasteiger partial charge in [-0.1, -0.05) is 33.1 Å². The van der Waals surface area contributed by atoms with Gasteiger partial charge in [0, 0.05) is 6.54 Å². The van der Waals surface area contributed by atoms with Gasteiger partial charge in [-0.25, -0.2) is 0 Å². The Hall–Kier alpha value is -0.0800. The Labute approximate surface area is 102 Å². The molecule has 0 aromatic heterocycles. The SMILES string of the molecule is CCCCCNCC(C)CN1CCCCC1. The number of hydrogen-bond donors (Lipinski definition) is 1. The van der Waals surface area contributed by atoms with Gasteiger partial charge in [0.2, 0.25) is 0 Å². The molecule has 0 aromatic carbocycles. The molecule has 1 N–H and O–H groups in total. The monoisotopic (exact) mass is 226 g/mol. The molecule has 16 heavy (non-hydrogen) atoms. The summed E-state index contributed by atoms with van der Waals surface area (Å²) in [6.07, 6.45) is 8.30. The molecule has 1 heterocycles. The molecule has 1 fully saturated rings. The molecule has 2 nitrogen and oxygen atoms in total. The molecule has 96 valence electrons. The van der Waals surface area contributed by atoms with Crippen LogP contribution in [0.15, 0.2) is 0 Å². The fraction of sp³-hybridized carbons (Fsp3) is 1.00. The lowest BCUT2D eigenvalue weighted by Gasteiger charge is -2.29. The molecule has 1 aliphatic rings. The molecule has 1 rings (SSSR count). The van der Waals surface area contributed by atoms with Crippen molar-refractivity contribution in [2.45, 2.75) is 52.4 Å². The van der Waals surface area contributed by atoms with E-state index in [1.54, 1.807) is 0 Å². The first kappa shape index (κ1) is 14.0. The number of hydrogen-bond acceptors (Lipinski definition) is 2. The molecule has 1 atom stereocenters. The minimum absolute atomic E-state index is 0.805. The second-order valence-electron chi connectivity index (χ2n) is 5.38. The van der Waals surface area contributed by atoms with Gasteiger partial charge in [-0.3, -0.25) is 0 Å². The topological polar surface area (TPSA) is 15.3 Å². The van der Waals surface area contributed by atoms with E-state index in [1.807, 2.05) is 0 Å². The van der Waals surface area contributed by atoms with E-state index in [1.165, 1.54) is 71.2 Å². The summed E-state index contributed by atoms with van der Waals surface area (Å²) < 4.78 is 0. The summed E-state index contributed by atoms with van der Waals surface area (Å²) in [5.41, 5.74) is 0. The fourth-order valence-electron chi connectivity index (χ4n) is 2.50. The van der Waals surface area contributed by atoms with Gasteiger partial charge in [0.1, 0.15) is 0 Å². The van der Waals surface area contributed by atoms with Crippen LogP contribution in [-0.4, -0.2) is 37.6 Å². The molecule has 0 bridgehead atoms. The van der Waals surface area contributed by atoms with Gasteiger partial charge in [0.05, 0.1) is 0 Å². The number of unbranched alkanes of at least 4 members (excludes halogenated alkanes) is 2. The Kier molecular flexibility index (Phi) is 7.87. The molecule has 0 aromatic rings. The number of nitrogens with zero attached hydrogens (tertiary/aromatic N) is 1. The van der Waals surface area contributed by atoms with Crippen molar-refractivity contribution >= 4 is 0 Å². The molecule has 0 amide bonds. The van der Waals surface area contributed by atoms with Crippen molar-refractivity contribution in [3.8, 4) is 0 Å². The van der Waals surface area contributed by atoms with E-state index in [9.17, 15) is 0 Å². The van der Waals surface area contributed by atoms with Gasteiger partial charge in [0.15, 0.2) is 0 Å². The third kappa shape index (κ3) is 6.49. The van der Waals surface area contributed by atoms with Crippen molar-refractivity contribution in [1.82, 2.24) is 10.2 Å². The van der Waals surface area contributed by atoms with Crippen LogP contribution >= 0.6 is 0 Å². The van der Waals surface area contributed by atoms with Crippen LogP contribution < -0.4 is 5.32 Å². The van der Waals surface area contributed by atoms with Crippen LogP contribution in [0.1, 0.15) is 52.4 Å². The maximum absolute atomic E-state index is 3.58. The number of piperidine rings is 1. The predicted molar refractivity (Wildman–Crippen MR) is 71.8 cm³/mol. The number of likely N-dealkylation sites (tertiary alicyclic amines) is 1. The van der Waals surface area contributed by atoms with Gasteiger partial charge < -0.3 is 10.2 Å². The average Bonchev–Trinajstić information content (AvgIpc) is 2.30. The molecule has 0 aliphatic carbocycles. The molecule has 1 unspecified atom stereocenters. The average molecular weight is 226 g/mol. The smallest absolute Gasteiger partial charge is 0.00191 e. The highest BCUT2D eigenvalue weighted by molar-refractivity contribution is 4.68. The summed E-state index contributed by atoms with van der Waals surface area (Å²) in [5.74, 6) is 0.805. The second kappa shape index (κ2) is 9.00. The van der Waals surface area contributed by atoms with Crippen molar-refractivity contribution < 1.29 is 0 Å². The minimum atomic E-state index is 0.805. The van der Waals surface area contributed by atoms with Crippen molar-refractivity contribution in [2.24, 2.45) is 5.92 Å². The van der Waals surface area contributed by atoms with Gasteiger partial charge >= 0.3 is 0 Å². The van der Waals surface area contributed by atoms with Gasteiger partial charge in [0.25, 0.3) is 0 Å². The highest BCUT2D eigenvalue weighted by Gasteiger charge is 2.12. The number of rotatable bonds is 8. The molecule has 0 radical (unpaired) electrons. The fourth-order valence-corrected chi connectivity index (χ4v) is 2.50. The molecular weight excluding hydrogens is 196 g/mol. The molecule has 2 heteroatoms. The predicted octanol–water partition coefficient (Wildman–Crippen LogP) is 2.89.